The van der Waals surface area contributed by atoms with Crippen molar-refractivity contribution in [3.05, 3.63) is 80.0 Å². The lowest BCUT2D eigenvalue weighted by Gasteiger charge is -2.13. The molecule has 27 heavy (non-hydrogen) atoms. The van der Waals surface area contributed by atoms with Crippen LogP contribution >= 0.6 is 15.9 Å². The number of amides is 1. The molecule has 1 heterocycles. The molecule has 0 aliphatic carbocycles. The first-order chi connectivity index (χ1) is 12.8. The standard InChI is InChI=1S/C21H20BrN3O2/c1-13-10-14(2)21(15(3)11-13)23-19(26)12-25-20(27)9-8-18(24-25)16-4-6-17(22)7-5-16/h4-11H,12H2,1-3H3,(H,23,26). The third-order valence-electron chi connectivity index (χ3n) is 4.24. The maximum Gasteiger partial charge on any atom is 0.267 e. The molecule has 0 aliphatic rings. The molecule has 0 atom stereocenters. The molecule has 2 aromatic carbocycles. The fourth-order valence-corrected chi connectivity index (χ4v) is 3.29. The van der Waals surface area contributed by atoms with Gasteiger partial charge in [0.25, 0.3) is 5.56 Å². The molecule has 0 radical (unpaired) electrons. The molecule has 1 N–H and O–H groups in total. The number of halogens is 1. The first kappa shape index (κ1) is 19.0. The van der Waals surface area contributed by atoms with E-state index in [1.54, 1.807) is 6.07 Å². The topological polar surface area (TPSA) is 64.0 Å². The zero-order valence-electron chi connectivity index (χ0n) is 15.4. The molecule has 1 amide bonds. The van der Waals surface area contributed by atoms with Gasteiger partial charge in [-0.1, -0.05) is 45.8 Å². The Kier molecular flexibility index (Phi) is 5.56. The molecule has 0 saturated carbocycles. The lowest BCUT2D eigenvalue weighted by molar-refractivity contribution is -0.117. The van der Waals surface area contributed by atoms with Crippen molar-refractivity contribution in [2.75, 3.05) is 5.32 Å². The van der Waals surface area contributed by atoms with Crippen molar-refractivity contribution in [1.82, 2.24) is 9.78 Å². The highest BCUT2D eigenvalue weighted by Gasteiger charge is 2.11. The number of aromatic nitrogens is 2. The van der Waals surface area contributed by atoms with Crippen LogP contribution in [0.3, 0.4) is 0 Å². The van der Waals surface area contributed by atoms with Gasteiger partial charge in [-0.05, 0) is 50.1 Å². The quantitative estimate of drug-likeness (QED) is 0.679. The van der Waals surface area contributed by atoms with Crippen molar-refractivity contribution in [1.29, 1.82) is 0 Å². The molecular formula is C21H20BrN3O2. The van der Waals surface area contributed by atoms with Crippen molar-refractivity contribution < 1.29 is 4.79 Å². The van der Waals surface area contributed by atoms with E-state index in [-0.39, 0.29) is 18.0 Å². The molecule has 1 aromatic heterocycles. The minimum absolute atomic E-state index is 0.143. The predicted molar refractivity (Wildman–Crippen MR) is 111 cm³/mol. The lowest BCUT2D eigenvalue weighted by atomic mass is 10.1. The number of anilines is 1. The summed E-state index contributed by atoms with van der Waals surface area (Å²) in [7, 11) is 0. The highest BCUT2D eigenvalue weighted by atomic mass is 79.9. The van der Waals surface area contributed by atoms with Crippen LogP contribution in [0.4, 0.5) is 5.69 Å². The minimum Gasteiger partial charge on any atom is -0.324 e. The molecule has 0 unspecified atom stereocenters. The van der Waals surface area contributed by atoms with Crippen LogP contribution in [-0.2, 0) is 11.3 Å². The van der Waals surface area contributed by atoms with Gasteiger partial charge < -0.3 is 5.32 Å². The van der Waals surface area contributed by atoms with Crippen LogP contribution in [0.5, 0.6) is 0 Å². The fourth-order valence-electron chi connectivity index (χ4n) is 3.03. The summed E-state index contributed by atoms with van der Waals surface area (Å²) in [5.74, 6) is -0.285. The van der Waals surface area contributed by atoms with Crippen molar-refractivity contribution in [3.63, 3.8) is 0 Å². The van der Waals surface area contributed by atoms with E-state index in [1.165, 1.54) is 10.7 Å². The average Bonchev–Trinajstić information content (AvgIpc) is 2.61. The van der Waals surface area contributed by atoms with Crippen molar-refractivity contribution in [3.8, 4) is 11.3 Å². The second-order valence-corrected chi connectivity index (χ2v) is 7.46. The summed E-state index contributed by atoms with van der Waals surface area (Å²) in [6.07, 6.45) is 0. The van der Waals surface area contributed by atoms with Crippen molar-refractivity contribution in [2.24, 2.45) is 0 Å². The molecule has 0 aliphatic heterocycles. The number of hydrogen-bond donors (Lipinski definition) is 1. The van der Waals surface area contributed by atoms with Crippen LogP contribution in [0.15, 0.2) is 57.8 Å². The van der Waals surface area contributed by atoms with E-state index in [2.05, 4.69) is 26.3 Å². The first-order valence-electron chi connectivity index (χ1n) is 8.55. The summed E-state index contributed by atoms with van der Waals surface area (Å²) >= 11 is 3.40. The summed E-state index contributed by atoms with van der Waals surface area (Å²) in [6.45, 7) is 5.78. The summed E-state index contributed by atoms with van der Waals surface area (Å²) in [5.41, 5.74) is 5.10. The van der Waals surface area contributed by atoms with Gasteiger partial charge in [0.15, 0.2) is 0 Å². The van der Waals surface area contributed by atoms with E-state index in [0.29, 0.717) is 5.69 Å². The van der Waals surface area contributed by atoms with E-state index in [1.807, 2.05) is 57.2 Å². The largest absolute Gasteiger partial charge is 0.324 e. The van der Waals surface area contributed by atoms with E-state index in [4.69, 9.17) is 0 Å². The van der Waals surface area contributed by atoms with Gasteiger partial charge in [-0.15, -0.1) is 0 Å². The number of carbonyl (C=O) groups excluding carboxylic acids is 1. The van der Waals surface area contributed by atoms with Crippen LogP contribution in [-0.4, -0.2) is 15.7 Å². The number of nitrogens with one attached hydrogen (secondary N) is 1. The van der Waals surface area contributed by atoms with E-state index < -0.39 is 0 Å². The Hall–Kier alpha value is -2.73. The molecule has 0 saturated heterocycles. The Balaban J connectivity index is 1.83. The number of nitrogens with zero attached hydrogens (tertiary/aromatic N) is 2. The minimum atomic E-state index is -0.316. The van der Waals surface area contributed by atoms with Gasteiger partial charge in [-0.3, -0.25) is 9.59 Å². The lowest BCUT2D eigenvalue weighted by Crippen LogP contribution is -2.29. The van der Waals surface area contributed by atoms with Gasteiger partial charge in [0.1, 0.15) is 6.54 Å². The molecule has 0 fully saturated rings. The molecule has 3 rings (SSSR count). The highest BCUT2D eigenvalue weighted by molar-refractivity contribution is 9.10. The Morgan fingerprint density at radius 2 is 1.67 bits per heavy atom. The van der Waals surface area contributed by atoms with Crippen LogP contribution in [0.25, 0.3) is 11.3 Å². The molecule has 0 bridgehead atoms. The number of carbonyl (C=O) groups is 1. The summed E-state index contributed by atoms with van der Waals surface area (Å²) in [6, 6.07) is 14.7. The number of benzene rings is 2. The van der Waals surface area contributed by atoms with Crippen LogP contribution in [0.1, 0.15) is 16.7 Å². The number of rotatable bonds is 4. The number of aryl methyl sites for hydroxylation is 3. The predicted octanol–water partition coefficient (Wildman–Crippen LogP) is 4.24. The summed E-state index contributed by atoms with van der Waals surface area (Å²) in [4.78, 5) is 24.6. The molecule has 3 aromatic rings. The zero-order chi connectivity index (χ0) is 19.6. The molecule has 0 spiro atoms. The number of hydrogen-bond acceptors (Lipinski definition) is 3. The second-order valence-electron chi connectivity index (χ2n) is 6.54. The Bertz CT molecular complexity index is 1030. The van der Waals surface area contributed by atoms with Crippen molar-refractivity contribution >= 4 is 27.5 Å². The smallest absolute Gasteiger partial charge is 0.267 e. The molecule has 138 valence electrons. The van der Waals surface area contributed by atoms with Gasteiger partial charge >= 0.3 is 0 Å². The molecule has 5 nitrogen and oxygen atoms in total. The van der Waals surface area contributed by atoms with Crippen molar-refractivity contribution in [2.45, 2.75) is 27.3 Å². The van der Waals surface area contributed by atoms with Crippen LogP contribution in [0, 0.1) is 20.8 Å². The van der Waals surface area contributed by atoms with Gasteiger partial charge in [0.05, 0.1) is 5.69 Å². The van der Waals surface area contributed by atoms with E-state index in [9.17, 15) is 9.59 Å². The maximum absolute atomic E-state index is 12.5. The first-order valence-corrected chi connectivity index (χ1v) is 9.34. The molecule has 6 heteroatoms. The van der Waals surface area contributed by atoms with Gasteiger partial charge in [0, 0.05) is 21.8 Å². The third kappa shape index (κ3) is 4.52. The Morgan fingerprint density at radius 1 is 1.04 bits per heavy atom. The Labute approximate surface area is 166 Å². The highest BCUT2D eigenvalue weighted by Crippen LogP contribution is 2.22. The van der Waals surface area contributed by atoms with Crippen LogP contribution in [0.2, 0.25) is 0 Å². The van der Waals surface area contributed by atoms with Gasteiger partial charge in [-0.25, -0.2) is 4.68 Å². The monoisotopic (exact) mass is 425 g/mol. The maximum atomic E-state index is 12.5. The summed E-state index contributed by atoms with van der Waals surface area (Å²) < 4.78 is 2.15. The van der Waals surface area contributed by atoms with Crippen LogP contribution < -0.4 is 10.9 Å². The third-order valence-corrected chi connectivity index (χ3v) is 4.77. The SMILES string of the molecule is Cc1cc(C)c(NC(=O)Cn2nc(-c3ccc(Br)cc3)ccc2=O)c(C)c1. The fraction of sp³-hybridized carbons (Fsp3) is 0.190. The summed E-state index contributed by atoms with van der Waals surface area (Å²) in [5, 5.41) is 7.24. The van der Waals surface area contributed by atoms with Gasteiger partial charge in [-0.2, -0.15) is 5.10 Å². The van der Waals surface area contributed by atoms with E-state index >= 15 is 0 Å². The second kappa shape index (κ2) is 7.88. The van der Waals surface area contributed by atoms with Gasteiger partial charge in [0.2, 0.25) is 5.91 Å². The van der Waals surface area contributed by atoms with E-state index in [0.717, 1.165) is 32.4 Å². The average molecular weight is 426 g/mol. The Morgan fingerprint density at radius 3 is 2.30 bits per heavy atom. The normalized spacial score (nSPS) is 10.7. The molecular weight excluding hydrogens is 406 g/mol. The zero-order valence-corrected chi connectivity index (χ0v) is 17.0.